The van der Waals surface area contributed by atoms with Crippen LogP contribution < -0.4 is 10.6 Å². The molecule has 4 aromatic rings. The summed E-state index contributed by atoms with van der Waals surface area (Å²) < 4.78 is 13.1. The molecular formula is C25H21FN4O. The minimum atomic E-state index is -0.286. The fraction of sp³-hybridized carbons (Fsp3) is 0.0800. The Bertz CT molecular complexity index is 1190. The van der Waals surface area contributed by atoms with E-state index in [1.165, 1.54) is 12.1 Å². The highest BCUT2D eigenvalue weighted by atomic mass is 19.1. The van der Waals surface area contributed by atoms with Crippen LogP contribution in [-0.2, 0) is 6.54 Å². The summed E-state index contributed by atoms with van der Waals surface area (Å²) in [5.74, 6) is -0.0337. The van der Waals surface area contributed by atoms with Crippen LogP contribution in [0.2, 0.25) is 0 Å². The van der Waals surface area contributed by atoms with Gasteiger partial charge in [-0.2, -0.15) is 0 Å². The van der Waals surface area contributed by atoms with Gasteiger partial charge < -0.3 is 10.6 Å². The summed E-state index contributed by atoms with van der Waals surface area (Å²) in [5, 5.41) is 6.06. The van der Waals surface area contributed by atoms with E-state index in [0.717, 1.165) is 22.3 Å². The SMILES string of the molecule is Cc1ccccc1CNC(=O)c1cccc(Nc2ncc(-c3ccc(F)cc3)cn2)c1. The summed E-state index contributed by atoms with van der Waals surface area (Å²) in [6.45, 7) is 2.49. The van der Waals surface area contributed by atoms with E-state index in [-0.39, 0.29) is 11.7 Å². The molecule has 4 rings (SSSR count). The zero-order valence-corrected chi connectivity index (χ0v) is 17.0. The van der Waals surface area contributed by atoms with Gasteiger partial charge in [-0.1, -0.05) is 42.5 Å². The number of aromatic nitrogens is 2. The van der Waals surface area contributed by atoms with Gasteiger partial charge in [0.1, 0.15) is 5.82 Å². The Morgan fingerprint density at radius 3 is 2.39 bits per heavy atom. The van der Waals surface area contributed by atoms with E-state index in [0.29, 0.717) is 23.7 Å². The average molecular weight is 412 g/mol. The third-order valence-electron chi connectivity index (χ3n) is 4.91. The second kappa shape index (κ2) is 9.17. The number of anilines is 2. The van der Waals surface area contributed by atoms with Gasteiger partial charge in [-0.15, -0.1) is 0 Å². The lowest BCUT2D eigenvalue weighted by Gasteiger charge is -2.10. The number of nitrogens with one attached hydrogen (secondary N) is 2. The lowest BCUT2D eigenvalue weighted by molar-refractivity contribution is 0.0951. The van der Waals surface area contributed by atoms with Gasteiger partial charge in [0.25, 0.3) is 5.91 Å². The number of carbonyl (C=O) groups excluding carboxylic acids is 1. The number of halogens is 1. The molecule has 0 aliphatic heterocycles. The second-order valence-electron chi connectivity index (χ2n) is 7.12. The summed E-state index contributed by atoms with van der Waals surface area (Å²) >= 11 is 0. The molecule has 5 nitrogen and oxygen atoms in total. The number of nitrogens with zero attached hydrogens (tertiary/aromatic N) is 2. The van der Waals surface area contributed by atoms with Crippen LogP contribution >= 0.6 is 0 Å². The van der Waals surface area contributed by atoms with Crippen molar-refractivity contribution in [2.75, 3.05) is 5.32 Å². The van der Waals surface area contributed by atoms with Crippen molar-refractivity contribution in [2.45, 2.75) is 13.5 Å². The van der Waals surface area contributed by atoms with E-state index in [9.17, 15) is 9.18 Å². The third kappa shape index (κ3) is 5.11. The van der Waals surface area contributed by atoms with Crippen molar-refractivity contribution in [2.24, 2.45) is 0 Å². The smallest absolute Gasteiger partial charge is 0.251 e. The summed E-state index contributed by atoms with van der Waals surface area (Å²) in [6.07, 6.45) is 3.34. The maximum atomic E-state index is 13.1. The normalized spacial score (nSPS) is 10.5. The lowest BCUT2D eigenvalue weighted by atomic mass is 10.1. The molecule has 0 saturated carbocycles. The first kappa shape index (κ1) is 20.2. The highest BCUT2D eigenvalue weighted by molar-refractivity contribution is 5.95. The van der Waals surface area contributed by atoms with E-state index in [2.05, 4.69) is 20.6 Å². The molecular weight excluding hydrogens is 391 g/mol. The van der Waals surface area contributed by atoms with Crippen molar-refractivity contribution in [1.82, 2.24) is 15.3 Å². The fourth-order valence-corrected chi connectivity index (χ4v) is 3.14. The summed E-state index contributed by atoms with van der Waals surface area (Å²) in [4.78, 5) is 21.2. The molecule has 154 valence electrons. The van der Waals surface area contributed by atoms with Crippen molar-refractivity contribution >= 4 is 17.5 Å². The topological polar surface area (TPSA) is 66.9 Å². The van der Waals surface area contributed by atoms with Gasteiger partial charge in [-0.3, -0.25) is 4.79 Å². The predicted octanol–water partition coefficient (Wildman–Crippen LogP) is 5.26. The highest BCUT2D eigenvalue weighted by Gasteiger charge is 2.08. The van der Waals surface area contributed by atoms with Crippen LogP contribution in [0.25, 0.3) is 11.1 Å². The molecule has 0 aliphatic carbocycles. The number of benzene rings is 3. The standard InChI is InChI=1S/C25H21FN4O/c1-17-5-2-3-6-20(17)14-27-24(31)19-7-4-8-23(13-19)30-25-28-15-21(16-29-25)18-9-11-22(26)12-10-18/h2-13,15-16H,14H2,1H3,(H,27,31)(H,28,29,30). The van der Waals surface area contributed by atoms with Crippen molar-refractivity contribution in [1.29, 1.82) is 0 Å². The lowest BCUT2D eigenvalue weighted by Crippen LogP contribution is -2.23. The van der Waals surface area contributed by atoms with Gasteiger partial charge in [0.2, 0.25) is 5.95 Å². The van der Waals surface area contributed by atoms with Gasteiger partial charge >= 0.3 is 0 Å². The quantitative estimate of drug-likeness (QED) is 0.453. The molecule has 6 heteroatoms. The number of aryl methyl sites for hydroxylation is 1. The van der Waals surface area contributed by atoms with Crippen LogP contribution in [0.5, 0.6) is 0 Å². The Morgan fingerprint density at radius 1 is 0.903 bits per heavy atom. The molecule has 0 fully saturated rings. The van der Waals surface area contributed by atoms with Gasteiger partial charge in [0, 0.05) is 35.8 Å². The van der Waals surface area contributed by atoms with Gasteiger partial charge in [-0.05, 0) is 53.9 Å². The van der Waals surface area contributed by atoms with Crippen LogP contribution in [0.15, 0.2) is 85.2 Å². The van der Waals surface area contributed by atoms with Crippen LogP contribution in [0.4, 0.5) is 16.0 Å². The fourth-order valence-electron chi connectivity index (χ4n) is 3.14. The first-order valence-corrected chi connectivity index (χ1v) is 9.86. The Labute approximate surface area is 180 Å². The van der Waals surface area contributed by atoms with Gasteiger partial charge in [0.15, 0.2) is 0 Å². The summed E-state index contributed by atoms with van der Waals surface area (Å²) in [7, 11) is 0. The summed E-state index contributed by atoms with van der Waals surface area (Å²) in [5.41, 5.74) is 5.09. The van der Waals surface area contributed by atoms with Crippen molar-refractivity contribution in [3.05, 3.63) is 108 Å². The molecule has 0 saturated heterocycles. The Kier molecular flexibility index (Phi) is 5.98. The Balaban J connectivity index is 1.41. The van der Waals surface area contributed by atoms with E-state index >= 15 is 0 Å². The van der Waals surface area contributed by atoms with Crippen molar-refractivity contribution in [3.63, 3.8) is 0 Å². The molecule has 0 atom stereocenters. The molecule has 0 aliphatic rings. The molecule has 31 heavy (non-hydrogen) atoms. The van der Waals surface area contributed by atoms with Crippen molar-refractivity contribution in [3.8, 4) is 11.1 Å². The largest absolute Gasteiger partial charge is 0.348 e. The van der Waals surface area contributed by atoms with Gasteiger partial charge in [-0.25, -0.2) is 14.4 Å². The predicted molar refractivity (Wildman–Crippen MR) is 119 cm³/mol. The summed E-state index contributed by atoms with van der Waals surface area (Å²) in [6, 6.07) is 21.3. The maximum Gasteiger partial charge on any atom is 0.251 e. The van der Waals surface area contributed by atoms with Crippen LogP contribution in [0, 0.1) is 12.7 Å². The number of amides is 1. The van der Waals surface area contributed by atoms with Crippen LogP contribution in [-0.4, -0.2) is 15.9 Å². The minimum Gasteiger partial charge on any atom is -0.348 e. The Morgan fingerprint density at radius 2 is 1.65 bits per heavy atom. The highest BCUT2D eigenvalue weighted by Crippen LogP contribution is 2.20. The van der Waals surface area contributed by atoms with E-state index in [4.69, 9.17) is 0 Å². The average Bonchev–Trinajstić information content (AvgIpc) is 2.80. The number of rotatable bonds is 6. The third-order valence-corrected chi connectivity index (χ3v) is 4.91. The number of hydrogen-bond acceptors (Lipinski definition) is 4. The number of carbonyl (C=O) groups is 1. The van der Waals surface area contributed by atoms with E-state index < -0.39 is 0 Å². The molecule has 0 unspecified atom stereocenters. The molecule has 1 aromatic heterocycles. The maximum absolute atomic E-state index is 13.1. The molecule has 2 N–H and O–H groups in total. The minimum absolute atomic E-state index is 0.153. The first-order chi connectivity index (χ1) is 15.1. The van der Waals surface area contributed by atoms with Gasteiger partial charge in [0.05, 0.1) is 0 Å². The van der Waals surface area contributed by atoms with E-state index in [1.54, 1.807) is 42.7 Å². The molecule has 3 aromatic carbocycles. The van der Waals surface area contributed by atoms with E-state index in [1.807, 2.05) is 37.3 Å². The zero-order valence-electron chi connectivity index (χ0n) is 17.0. The van der Waals surface area contributed by atoms with Crippen LogP contribution in [0.1, 0.15) is 21.5 Å². The van der Waals surface area contributed by atoms with Crippen LogP contribution in [0.3, 0.4) is 0 Å². The second-order valence-corrected chi connectivity index (χ2v) is 7.12. The molecule has 1 heterocycles. The molecule has 0 spiro atoms. The molecule has 0 radical (unpaired) electrons. The molecule has 0 bridgehead atoms. The Hall–Kier alpha value is -4.06. The molecule has 1 amide bonds. The number of hydrogen-bond donors (Lipinski definition) is 2. The first-order valence-electron chi connectivity index (χ1n) is 9.86. The van der Waals surface area contributed by atoms with Crippen molar-refractivity contribution < 1.29 is 9.18 Å². The monoisotopic (exact) mass is 412 g/mol. The zero-order chi connectivity index (χ0) is 21.6.